The molecular weight excluding hydrogens is 280 g/mol. The Morgan fingerprint density at radius 2 is 1.43 bits per heavy atom. The number of rotatable bonds is 4. The highest BCUT2D eigenvalue weighted by molar-refractivity contribution is 5.62. The molecule has 2 heteroatoms. The first kappa shape index (κ1) is 14.3. The molecule has 0 spiro atoms. The van der Waals surface area contributed by atoms with Gasteiger partial charge < -0.3 is 0 Å². The van der Waals surface area contributed by atoms with E-state index in [0.29, 0.717) is 0 Å². The topological polar surface area (TPSA) is 17.8 Å². The Kier molecular flexibility index (Phi) is 3.97. The van der Waals surface area contributed by atoms with Crippen LogP contribution in [-0.2, 0) is 6.54 Å². The van der Waals surface area contributed by atoms with Gasteiger partial charge in [-0.15, -0.1) is 0 Å². The zero-order valence-electron chi connectivity index (χ0n) is 12.8. The van der Waals surface area contributed by atoms with Crippen LogP contribution in [0.5, 0.6) is 0 Å². The molecule has 0 saturated heterocycles. The summed E-state index contributed by atoms with van der Waals surface area (Å²) in [6, 6.07) is 23.1. The fraction of sp³-hybridized carbons (Fsp3) is 0.0476. The van der Waals surface area contributed by atoms with Crippen LogP contribution in [0.2, 0.25) is 0 Å². The average molecular weight is 297 g/mol. The third-order valence-electron chi connectivity index (χ3n) is 3.98. The normalized spacial score (nSPS) is 15.1. The first-order valence-electron chi connectivity index (χ1n) is 7.79. The number of aromatic nitrogens is 2. The fourth-order valence-corrected chi connectivity index (χ4v) is 2.82. The van der Waals surface area contributed by atoms with Crippen LogP contribution in [0, 0.1) is 31.6 Å². The number of benzene rings is 2. The second-order valence-electron chi connectivity index (χ2n) is 5.60. The van der Waals surface area contributed by atoms with E-state index in [1.54, 1.807) is 0 Å². The van der Waals surface area contributed by atoms with E-state index in [2.05, 4.69) is 72.1 Å². The highest BCUT2D eigenvalue weighted by Crippen LogP contribution is 2.32. The first-order valence-corrected chi connectivity index (χ1v) is 7.79. The Morgan fingerprint density at radius 3 is 2.13 bits per heavy atom. The summed E-state index contributed by atoms with van der Waals surface area (Å²) in [6.45, 7) is 0.770. The van der Waals surface area contributed by atoms with Crippen molar-refractivity contribution in [2.45, 2.75) is 6.54 Å². The first-order chi connectivity index (χ1) is 11.4. The van der Waals surface area contributed by atoms with Crippen LogP contribution in [-0.4, -0.2) is 9.78 Å². The second kappa shape index (κ2) is 6.41. The lowest BCUT2D eigenvalue weighted by Gasteiger charge is -2.08. The predicted octanol–water partition coefficient (Wildman–Crippen LogP) is 4.35. The maximum absolute atomic E-state index is 4.84. The summed E-state index contributed by atoms with van der Waals surface area (Å²) in [5, 5.41) is 4.84. The number of hydrogen-bond donors (Lipinski definition) is 0. The van der Waals surface area contributed by atoms with Crippen molar-refractivity contribution in [3.05, 3.63) is 110 Å². The minimum atomic E-state index is 0.770. The molecule has 0 amide bonds. The Labute approximate surface area is 137 Å². The van der Waals surface area contributed by atoms with Crippen LogP contribution in [0.15, 0.2) is 66.7 Å². The fourth-order valence-electron chi connectivity index (χ4n) is 2.82. The summed E-state index contributed by atoms with van der Waals surface area (Å²) in [4.78, 5) is 0. The molecule has 1 saturated carbocycles. The molecule has 5 radical (unpaired) electrons. The summed E-state index contributed by atoms with van der Waals surface area (Å²) >= 11 is 0. The van der Waals surface area contributed by atoms with Gasteiger partial charge >= 0.3 is 0 Å². The molecule has 0 unspecified atom stereocenters. The Morgan fingerprint density at radius 1 is 0.783 bits per heavy atom. The maximum atomic E-state index is 4.84. The SMILES string of the molecule is [CH]1[CH][CH][C](c2cc(-c3ccccc3)n(Cc3ccccc3)n2)[CH]1. The van der Waals surface area contributed by atoms with Gasteiger partial charge in [0.15, 0.2) is 0 Å². The molecule has 0 aliphatic heterocycles. The van der Waals surface area contributed by atoms with Crippen LogP contribution >= 0.6 is 0 Å². The van der Waals surface area contributed by atoms with E-state index < -0.39 is 0 Å². The van der Waals surface area contributed by atoms with E-state index in [0.717, 1.165) is 23.9 Å². The molecule has 0 bridgehead atoms. The van der Waals surface area contributed by atoms with Gasteiger partial charge in [0, 0.05) is 5.92 Å². The van der Waals surface area contributed by atoms with Gasteiger partial charge in [-0.25, -0.2) is 0 Å². The summed E-state index contributed by atoms with van der Waals surface area (Å²) in [7, 11) is 0. The van der Waals surface area contributed by atoms with Crippen LogP contribution in [0.25, 0.3) is 11.3 Å². The monoisotopic (exact) mass is 297 g/mol. The minimum Gasteiger partial charge on any atom is -0.260 e. The lowest BCUT2D eigenvalue weighted by Crippen LogP contribution is -2.05. The van der Waals surface area contributed by atoms with Gasteiger partial charge in [0.25, 0.3) is 0 Å². The van der Waals surface area contributed by atoms with E-state index in [1.165, 1.54) is 11.1 Å². The highest BCUT2D eigenvalue weighted by atomic mass is 15.3. The predicted molar refractivity (Wildman–Crippen MR) is 92.8 cm³/mol. The molecule has 1 aromatic heterocycles. The van der Waals surface area contributed by atoms with Crippen LogP contribution in [0.4, 0.5) is 0 Å². The van der Waals surface area contributed by atoms with Crippen molar-refractivity contribution < 1.29 is 0 Å². The average Bonchev–Trinajstić information content (AvgIpc) is 3.26. The molecule has 23 heavy (non-hydrogen) atoms. The largest absolute Gasteiger partial charge is 0.260 e. The van der Waals surface area contributed by atoms with Gasteiger partial charge in [-0.2, -0.15) is 5.10 Å². The molecule has 3 aromatic rings. The zero-order valence-corrected chi connectivity index (χ0v) is 12.8. The lowest BCUT2D eigenvalue weighted by molar-refractivity contribution is 0.686. The van der Waals surface area contributed by atoms with Gasteiger partial charge in [0.2, 0.25) is 0 Å². The number of nitrogens with zero attached hydrogens (tertiary/aromatic N) is 2. The molecule has 1 aliphatic rings. The van der Waals surface area contributed by atoms with Crippen molar-refractivity contribution in [2.75, 3.05) is 0 Å². The van der Waals surface area contributed by atoms with Crippen molar-refractivity contribution in [2.24, 2.45) is 0 Å². The van der Waals surface area contributed by atoms with E-state index in [9.17, 15) is 0 Å². The molecule has 0 N–H and O–H groups in total. The van der Waals surface area contributed by atoms with Crippen molar-refractivity contribution in [1.29, 1.82) is 0 Å². The third kappa shape index (κ3) is 3.07. The summed E-state index contributed by atoms with van der Waals surface area (Å²) in [5.41, 5.74) is 4.60. The second-order valence-corrected chi connectivity index (χ2v) is 5.60. The Hall–Kier alpha value is -2.35. The van der Waals surface area contributed by atoms with Crippen molar-refractivity contribution >= 4 is 0 Å². The van der Waals surface area contributed by atoms with Crippen LogP contribution in [0.3, 0.4) is 0 Å². The van der Waals surface area contributed by atoms with Crippen molar-refractivity contribution in [1.82, 2.24) is 9.78 Å². The summed E-state index contributed by atoms with van der Waals surface area (Å²) < 4.78 is 2.09. The lowest BCUT2D eigenvalue weighted by atomic mass is 10.0. The van der Waals surface area contributed by atoms with E-state index in [4.69, 9.17) is 5.10 Å². The molecule has 4 rings (SSSR count). The van der Waals surface area contributed by atoms with Gasteiger partial charge in [-0.1, -0.05) is 60.7 Å². The molecule has 2 aromatic carbocycles. The molecule has 1 fully saturated rings. The molecule has 1 heterocycles. The van der Waals surface area contributed by atoms with E-state index >= 15 is 0 Å². The maximum Gasteiger partial charge on any atom is 0.0708 e. The van der Waals surface area contributed by atoms with Gasteiger partial charge in [-0.3, -0.25) is 4.68 Å². The van der Waals surface area contributed by atoms with Gasteiger partial charge in [0.1, 0.15) is 0 Å². The summed E-state index contributed by atoms with van der Waals surface area (Å²) in [5.74, 6) is 1.16. The Balaban J connectivity index is 1.73. The van der Waals surface area contributed by atoms with Crippen molar-refractivity contribution in [3.8, 4) is 11.3 Å². The van der Waals surface area contributed by atoms with Crippen molar-refractivity contribution in [3.63, 3.8) is 0 Å². The van der Waals surface area contributed by atoms with Gasteiger partial charge in [0.05, 0.1) is 17.9 Å². The van der Waals surface area contributed by atoms with Crippen LogP contribution in [0.1, 0.15) is 11.3 Å². The highest BCUT2D eigenvalue weighted by Gasteiger charge is 2.23. The standard InChI is InChI=1S/C21H17N2/c1-3-9-17(10-4-1)16-23-21(19-13-5-2-6-14-19)15-20(22-23)18-11-7-8-12-18/h1-15H,16H2. The molecular formula is C21H17N2. The molecule has 0 atom stereocenters. The smallest absolute Gasteiger partial charge is 0.0708 e. The van der Waals surface area contributed by atoms with Crippen LogP contribution < -0.4 is 0 Å². The summed E-state index contributed by atoms with van der Waals surface area (Å²) in [6.07, 6.45) is 8.30. The zero-order chi connectivity index (χ0) is 15.5. The van der Waals surface area contributed by atoms with E-state index in [1.807, 2.05) is 25.0 Å². The molecule has 111 valence electrons. The minimum absolute atomic E-state index is 0.770. The number of hydrogen-bond acceptors (Lipinski definition) is 1. The van der Waals surface area contributed by atoms with Gasteiger partial charge in [-0.05, 0) is 42.9 Å². The third-order valence-corrected chi connectivity index (χ3v) is 3.98. The molecule has 1 aliphatic carbocycles. The Bertz CT molecular complexity index is 753. The quantitative estimate of drug-likeness (QED) is 0.700. The van der Waals surface area contributed by atoms with E-state index in [-0.39, 0.29) is 0 Å². The molecule has 2 nitrogen and oxygen atoms in total.